The fraction of sp³-hybridized carbons (Fsp3) is 0.667. The monoisotopic (exact) mass is 187 g/mol. The van der Waals surface area contributed by atoms with E-state index in [1.54, 1.807) is 6.20 Å². The number of hydrogen-bond acceptors (Lipinski definition) is 4. The van der Waals surface area contributed by atoms with Crippen LogP contribution in [-0.2, 0) is 14.3 Å². The Labute approximate surface area is 78.9 Å². The predicted octanol–water partition coefficient (Wildman–Crippen LogP) is 0.688. The average molecular weight is 187 g/mol. The summed E-state index contributed by atoms with van der Waals surface area (Å²) in [6.45, 7) is 5.27. The fourth-order valence-corrected chi connectivity index (χ4v) is 0.632. The van der Waals surface area contributed by atoms with Crippen LogP contribution in [0.25, 0.3) is 0 Å². The largest absolute Gasteiger partial charge is 0.466 e. The van der Waals surface area contributed by atoms with Gasteiger partial charge in [-0.2, -0.15) is 0 Å². The average Bonchev–Trinajstić information content (AvgIpc) is 2.10. The second-order valence-electron chi connectivity index (χ2n) is 2.73. The van der Waals surface area contributed by atoms with Gasteiger partial charge >= 0.3 is 5.97 Å². The maximum absolute atomic E-state index is 10.6. The second kappa shape index (κ2) is 7.61. The highest BCUT2D eigenvalue weighted by Crippen LogP contribution is 1.84. The van der Waals surface area contributed by atoms with Gasteiger partial charge in [0.15, 0.2) is 0 Å². The van der Waals surface area contributed by atoms with Crippen molar-refractivity contribution in [1.82, 2.24) is 5.32 Å². The first-order valence-corrected chi connectivity index (χ1v) is 4.26. The highest BCUT2D eigenvalue weighted by atomic mass is 16.5. The highest BCUT2D eigenvalue weighted by molar-refractivity contribution is 5.81. The van der Waals surface area contributed by atoms with E-state index in [4.69, 9.17) is 4.74 Å². The molecule has 0 heterocycles. The first-order valence-electron chi connectivity index (χ1n) is 4.26. The Morgan fingerprint density at radius 2 is 2.23 bits per heavy atom. The summed E-state index contributed by atoms with van der Waals surface area (Å²) >= 11 is 0. The molecule has 0 aliphatic heterocycles. The summed E-state index contributed by atoms with van der Waals surface area (Å²) in [7, 11) is 1.34. The SMILES string of the molecule is COC(=O)/C=C/NCCOC(C)C. The highest BCUT2D eigenvalue weighted by Gasteiger charge is 1.91. The maximum Gasteiger partial charge on any atom is 0.331 e. The van der Waals surface area contributed by atoms with Crippen LogP contribution in [0.4, 0.5) is 0 Å². The molecule has 1 N–H and O–H groups in total. The first-order chi connectivity index (χ1) is 6.16. The molecule has 0 saturated carbocycles. The number of carbonyl (C=O) groups is 1. The Balaban J connectivity index is 3.25. The van der Waals surface area contributed by atoms with Crippen molar-refractivity contribution in [1.29, 1.82) is 0 Å². The minimum atomic E-state index is -0.364. The molecule has 0 aromatic heterocycles. The van der Waals surface area contributed by atoms with Crippen LogP contribution in [0, 0.1) is 0 Å². The topological polar surface area (TPSA) is 47.6 Å². The molecule has 0 spiro atoms. The molecule has 0 amide bonds. The normalized spacial score (nSPS) is 10.8. The van der Waals surface area contributed by atoms with Gasteiger partial charge in [0.1, 0.15) is 0 Å². The molecule has 0 saturated heterocycles. The second-order valence-corrected chi connectivity index (χ2v) is 2.73. The number of methoxy groups -OCH3 is 1. The van der Waals surface area contributed by atoms with Crippen molar-refractivity contribution >= 4 is 5.97 Å². The van der Waals surface area contributed by atoms with Crippen LogP contribution in [0.3, 0.4) is 0 Å². The van der Waals surface area contributed by atoms with Gasteiger partial charge in [-0.15, -0.1) is 0 Å². The van der Waals surface area contributed by atoms with Crippen LogP contribution in [-0.4, -0.2) is 32.3 Å². The van der Waals surface area contributed by atoms with Gasteiger partial charge in [0.05, 0.1) is 19.8 Å². The number of rotatable bonds is 6. The third-order valence-electron chi connectivity index (χ3n) is 1.24. The summed E-state index contributed by atoms with van der Waals surface area (Å²) in [4.78, 5) is 10.6. The summed E-state index contributed by atoms with van der Waals surface area (Å²) in [5.74, 6) is -0.364. The summed E-state index contributed by atoms with van der Waals surface area (Å²) in [6.07, 6.45) is 3.12. The van der Waals surface area contributed by atoms with Crippen molar-refractivity contribution in [3.63, 3.8) is 0 Å². The third-order valence-corrected chi connectivity index (χ3v) is 1.24. The van der Waals surface area contributed by atoms with Gasteiger partial charge in [-0.05, 0) is 13.8 Å². The Bertz CT molecular complexity index is 166. The lowest BCUT2D eigenvalue weighted by atomic mass is 10.5. The lowest BCUT2D eigenvalue weighted by Crippen LogP contribution is -2.16. The zero-order valence-corrected chi connectivity index (χ0v) is 8.37. The molecule has 4 nitrogen and oxygen atoms in total. The zero-order valence-electron chi connectivity index (χ0n) is 8.37. The Morgan fingerprint density at radius 3 is 2.77 bits per heavy atom. The summed E-state index contributed by atoms with van der Waals surface area (Å²) in [5, 5.41) is 2.90. The number of esters is 1. The molecule has 0 aliphatic carbocycles. The minimum Gasteiger partial charge on any atom is -0.466 e. The molecule has 0 rings (SSSR count). The molecular weight excluding hydrogens is 170 g/mol. The van der Waals surface area contributed by atoms with Crippen molar-refractivity contribution < 1.29 is 14.3 Å². The van der Waals surface area contributed by atoms with Crippen molar-refractivity contribution in [2.45, 2.75) is 20.0 Å². The predicted molar refractivity (Wildman–Crippen MR) is 50.2 cm³/mol. The van der Waals surface area contributed by atoms with Crippen LogP contribution in [0.2, 0.25) is 0 Å². The molecule has 0 atom stereocenters. The van der Waals surface area contributed by atoms with Crippen LogP contribution in [0.15, 0.2) is 12.3 Å². The van der Waals surface area contributed by atoms with E-state index in [1.165, 1.54) is 13.2 Å². The Hall–Kier alpha value is -1.03. The minimum absolute atomic E-state index is 0.242. The van der Waals surface area contributed by atoms with Crippen LogP contribution >= 0.6 is 0 Å². The maximum atomic E-state index is 10.6. The molecule has 0 fully saturated rings. The van der Waals surface area contributed by atoms with Gasteiger partial charge in [0.25, 0.3) is 0 Å². The lowest BCUT2D eigenvalue weighted by molar-refractivity contribution is -0.134. The summed E-state index contributed by atoms with van der Waals surface area (Å²) in [6, 6.07) is 0. The van der Waals surface area contributed by atoms with Gasteiger partial charge in [-0.1, -0.05) is 0 Å². The van der Waals surface area contributed by atoms with E-state index in [0.29, 0.717) is 13.2 Å². The summed E-state index contributed by atoms with van der Waals surface area (Å²) < 4.78 is 9.66. The fourth-order valence-electron chi connectivity index (χ4n) is 0.632. The standard InChI is InChI=1S/C9H17NO3/c1-8(2)13-7-6-10-5-4-9(11)12-3/h4-5,8,10H,6-7H2,1-3H3/b5-4+. The zero-order chi connectivity index (χ0) is 10.1. The summed E-state index contributed by atoms with van der Waals surface area (Å²) in [5.41, 5.74) is 0. The van der Waals surface area contributed by atoms with E-state index in [-0.39, 0.29) is 12.1 Å². The van der Waals surface area contributed by atoms with Gasteiger partial charge < -0.3 is 14.8 Å². The molecule has 0 bridgehead atoms. The van der Waals surface area contributed by atoms with Gasteiger partial charge in [-0.3, -0.25) is 0 Å². The Kier molecular flexibility index (Phi) is 7.01. The van der Waals surface area contributed by atoms with E-state index in [9.17, 15) is 4.79 Å². The van der Waals surface area contributed by atoms with Crippen LogP contribution < -0.4 is 5.32 Å². The Morgan fingerprint density at radius 1 is 1.54 bits per heavy atom. The molecular formula is C9H17NO3. The molecule has 0 aromatic carbocycles. The molecule has 13 heavy (non-hydrogen) atoms. The van der Waals surface area contributed by atoms with Crippen molar-refractivity contribution in [2.24, 2.45) is 0 Å². The van der Waals surface area contributed by atoms with E-state index in [1.807, 2.05) is 13.8 Å². The third kappa shape index (κ3) is 8.88. The quantitative estimate of drug-likeness (QED) is 0.377. The van der Waals surface area contributed by atoms with Gasteiger partial charge in [0, 0.05) is 18.8 Å². The van der Waals surface area contributed by atoms with Crippen LogP contribution in [0.5, 0.6) is 0 Å². The number of carbonyl (C=O) groups excluding carboxylic acids is 1. The molecule has 4 heteroatoms. The smallest absolute Gasteiger partial charge is 0.331 e. The van der Waals surface area contributed by atoms with Crippen molar-refractivity contribution in [3.05, 3.63) is 12.3 Å². The molecule has 0 unspecified atom stereocenters. The first kappa shape index (κ1) is 12.0. The lowest BCUT2D eigenvalue weighted by Gasteiger charge is -2.06. The number of ether oxygens (including phenoxy) is 2. The van der Waals surface area contributed by atoms with Crippen molar-refractivity contribution in [2.75, 3.05) is 20.3 Å². The molecule has 0 aliphatic rings. The van der Waals surface area contributed by atoms with E-state index in [0.717, 1.165) is 0 Å². The number of hydrogen-bond donors (Lipinski definition) is 1. The molecule has 0 aromatic rings. The number of nitrogens with one attached hydrogen (secondary N) is 1. The van der Waals surface area contributed by atoms with E-state index in [2.05, 4.69) is 10.1 Å². The molecule has 0 radical (unpaired) electrons. The van der Waals surface area contributed by atoms with E-state index < -0.39 is 0 Å². The van der Waals surface area contributed by atoms with E-state index >= 15 is 0 Å². The molecule has 76 valence electrons. The van der Waals surface area contributed by atoms with Crippen molar-refractivity contribution in [3.8, 4) is 0 Å². The van der Waals surface area contributed by atoms with Gasteiger partial charge in [0.2, 0.25) is 0 Å². The van der Waals surface area contributed by atoms with Crippen LogP contribution in [0.1, 0.15) is 13.8 Å². The van der Waals surface area contributed by atoms with Gasteiger partial charge in [-0.25, -0.2) is 4.79 Å².